The van der Waals surface area contributed by atoms with Crippen LogP contribution in [0.25, 0.3) is 0 Å². The van der Waals surface area contributed by atoms with Gasteiger partial charge < -0.3 is 89.9 Å². The van der Waals surface area contributed by atoms with Gasteiger partial charge in [0.15, 0.2) is 18.9 Å². The Morgan fingerprint density at radius 1 is 0.457 bits per heavy atom. The fraction of sp³-hybridized carbons (Fsp3) is 0.726. The lowest BCUT2D eigenvalue weighted by Crippen LogP contribution is -2.66. The SMILES string of the molecule is CC/C=C\C/C=C\C/C=C\C/C=C\C/C=C\C/C=C\CCCCCCCCC(=O)NC(COC1OC(CO)C(OC2OC(CO)C(OC3OC(CO)C(O)C(O)C3O)C(O)C2O)C(O)C1O)C(O)/C=C/CC/C=C/CCCCCCC. The predicted octanol–water partition coefficient (Wildman–Crippen LogP) is 5.37. The molecule has 0 aliphatic carbocycles. The van der Waals surface area contributed by atoms with Gasteiger partial charge in [-0.05, 0) is 83.5 Å². The highest BCUT2D eigenvalue weighted by molar-refractivity contribution is 5.76. The summed E-state index contributed by atoms with van der Waals surface area (Å²) in [6.07, 6.45) is 28.3. The number of hydrogen-bond acceptors (Lipinski definition) is 18. The van der Waals surface area contributed by atoms with E-state index in [4.69, 9.17) is 28.4 Å². The largest absolute Gasteiger partial charge is 0.394 e. The molecule has 0 aromatic carbocycles. The van der Waals surface area contributed by atoms with Gasteiger partial charge in [-0.3, -0.25) is 4.79 Å². The molecule has 12 N–H and O–H groups in total. The standard InChI is InChI=1S/C62H103NO18/c1-3-5-7-9-11-13-15-16-17-18-19-20-21-22-23-24-25-26-27-28-30-32-34-36-38-40-50(68)63-45(46(67)39-37-35-33-31-29-14-12-10-8-6-4-2)44-76-60-56(74)53(71)58(48(42-65)78-60)81-62-57(75)54(72)59(49(43-66)79-62)80-61-55(73)52(70)51(69)47(41-64)77-61/h5,7,11,13,16-17,19-20,22-23,25-26,29,31,37,39,45-49,51-62,64-67,69-75H,3-4,6,8-10,12,14-15,18,21,24,27-28,30,32-36,38,40-44H2,1-2H3,(H,63,68)/b7-5-,13-11-,17-16-,20-19-,23-22-,26-25-,31-29+,39-37+. The summed E-state index contributed by atoms with van der Waals surface area (Å²) in [5.41, 5.74) is 0. The summed E-state index contributed by atoms with van der Waals surface area (Å²) in [5, 5.41) is 120. The number of carbonyl (C=O) groups is 1. The van der Waals surface area contributed by atoms with E-state index >= 15 is 0 Å². The second kappa shape index (κ2) is 44.2. The zero-order valence-corrected chi connectivity index (χ0v) is 48.2. The van der Waals surface area contributed by atoms with Crippen LogP contribution >= 0.6 is 0 Å². The molecule has 0 aromatic rings. The minimum absolute atomic E-state index is 0.211. The zero-order chi connectivity index (χ0) is 59.0. The molecule has 0 bridgehead atoms. The minimum Gasteiger partial charge on any atom is -0.394 e. The number of amides is 1. The molecule has 0 spiro atoms. The van der Waals surface area contributed by atoms with E-state index in [1.54, 1.807) is 6.08 Å². The number of aliphatic hydroxyl groups is 11. The third kappa shape index (κ3) is 28.0. The first-order chi connectivity index (χ1) is 39.3. The van der Waals surface area contributed by atoms with Gasteiger partial charge in [0.1, 0.15) is 73.2 Å². The molecule has 3 aliphatic heterocycles. The van der Waals surface area contributed by atoms with Gasteiger partial charge >= 0.3 is 0 Å². The van der Waals surface area contributed by atoms with Gasteiger partial charge in [0.25, 0.3) is 0 Å². The van der Waals surface area contributed by atoms with Crippen molar-refractivity contribution in [1.29, 1.82) is 0 Å². The van der Waals surface area contributed by atoms with Crippen molar-refractivity contribution in [3.63, 3.8) is 0 Å². The van der Waals surface area contributed by atoms with E-state index < -0.39 is 124 Å². The summed E-state index contributed by atoms with van der Waals surface area (Å²) in [6, 6.07) is -1.00. The number of ether oxygens (including phenoxy) is 6. The van der Waals surface area contributed by atoms with E-state index in [0.29, 0.717) is 12.8 Å². The van der Waals surface area contributed by atoms with Crippen molar-refractivity contribution in [2.24, 2.45) is 0 Å². The molecule has 3 rings (SSSR count). The highest BCUT2D eigenvalue weighted by Crippen LogP contribution is 2.33. The molecule has 464 valence electrons. The van der Waals surface area contributed by atoms with Gasteiger partial charge in [0, 0.05) is 6.42 Å². The molecule has 3 saturated heterocycles. The van der Waals surface area contributed by atoms with E-state index in [1.807, 2.05) is 6.08 Å². The van der Waals surface area contributed by atoms with E-state index in [1.165, 1.54) is 25.7 Å². The number of aliphatic hydroxyl groups excluding tert-OH is 11. The van der Waals surface area contributed by atoms with Crippen molar-refractivity contribution >= 4 is 5.91 Å². The Morgan fingerprint density at radius 3 is 1.38 bits per heavy atom. The van der Waals surface area contributed by atoms with Crippen LogP contribution in [0.1, 0.15) is 155 Å². The van der Waals surface area contributed by atoms with Crippen LogP contribution in [0.15, 0.2) is 97.2 Å². The normalized spacial score (nSPS) is 30.5. The molecule has 19 heteroatoms. The average molecular weight is 1150 g/mol. The second-order valence-corrected chi connectivity index (χ2v) is 21.1. The lowest BCUT2D eigenvalue weighted by atomic mass is 9.96. The molecular formula is C62H103NO18. The summed E-state index contributed by atoms with van der Waals surface area (Å²) in [4.78, 5) is 13.3. The van der Waals surface area contributed by atoms with Gasteiger partial charge in [-0.1, -0.05) is 162 Å². The fourth-order valence-electron chi connectivity index (χ4n) is 9.44. The lowest BCUT2D eigenvalue weighted by Gasteiger charge is -2.48. The van der Waals surface area contributed by atoms with Gasteiger partial charge in [-0.15, -0.1) is 0 Å². The molecule has 3 aliphatic rings. The van der Waals surface area contributed by atoms with Gasteiger partial charge in [-0.2, -0.15) is 0 Å². The van der Waals surface area contributed by atoms with E-state index in [0.717, 1.165) is 96.3 Å². The molecule has 1 amide bonds. The Balaban J connectivity index is 1.47. The highest BCUT2D eigenvalue weighted by atomic mass is 16.8. The Morgan fingerprint density at radius 2 is 0.864 bits per heavy atom. The number of carbonyl (C=O) groups excluding carboxylic acids is 1. The maximum absolute atomic E-state index is 13.3. The van der Waals surface area contributed by atoms with Crippen molar-refractivity contribution < 1.29 is 89.4 Å². The monoisotopic (exact) mass is 1150 g/mol. The first kappa shape index (κ1) is 72.0. The predicted molar refractivity (Wildman–Crippen MR) is 309 cm³/mol. The average Bonchev–Trinajstić information content (AvgIpc) is 3.51. The number of hydrogen-bond donors (Lipinski definition) is 12. The summed E-state index contributed by atoms with van der Waals surface area (Å²) >= 11 is 0. The molecule has 17 unspecified atom stereocenters. The van der Waals surface area contributed by atoms with Gasteiger partial charge in [0.2, 0.25) is 5.91 Å². The van der Waals surface area contributed by atoms with Crippen molar-refractivity contribution in [2.75, 3.05) is 26.4 Å². The number of allylic oxidation sites excluding steroid dienone is 15. The third-order valence-electron chi connectivity index (χ3n) is 14.4. The Labute approximate surface area is 482 Å². The number of nitrogens with one attached hydrogen (secondary N) is 1. The molecule has 0 aromatic heterocycles. The van der Waals surface area contributed by atoms with Crippen LogP contribution in [-0.4, -0.2) is 193 Å². The second-order valence-electron chi connectivity index (χ2n) is 21.1. The Kier molecular flexibility index (Phi) is 39.3. The molecule has 3 fully saturated rings. The first-order valence-electron chi connectivity index (χ1n) is 30.0. The number of unbranched alkanes of at least 4 members (excludes halogenated alkanes) is 12. The summed E-state index contributed by atoms with van der Waals surface area (Å²) < 4.78 is 34.2. The van der Waals surface area contributed by atoms with E-state index in [-0.39, 0.29) is 18.9 Å². The Bertz CT molecular complexity index is 1850. The first-order valence-corrected chi connectivity index (χ1v) is 30.0. The summed E-state index contributed by atoms with van der Waals surface area (Å²) in [6.45, 7) is 1.51. The van der Waals surface area contributed by atoms with Crippen molar-refractivity contribution in [1.82, 2.24) is 5.32 Å². The maximum atomic E-state index is 13.3. The number of rotatable bonds is 42. The van der Waals surface area contributed by atoms with Crippen LogP contribution in [0.2, 0.25) is 0 Å². The molecule has 3 heterocycles. The van der Waals surface area contributed by atoms with Crippen LogP contribution in [-0.2, 0) is 33.2 Å². The van der Waals surface area contributed by atoms with Crippen LogP contribution in [0.4, 0.5) is 0 Å². The van der Waals surface area contributed by atoms with Crippen LogP contribution in [0.3, 0.4) is 0 Å². The fourth-order valence-corrected chi connectivity index (χ4v) is 9.44. The summed E-state index contributed by atoms with van der Waals surface area (Å²) in [7, 11) is 0. The van der Waals surface area contributed by atoms with Crippen molar-refractivity contribution in [2.45, 2.75) is 259 Å². The van der Waals surface area contributed by atoms with E-state index in [2.05, 4.69) is 104 Å². The zero-order valence-electron chi connectivity index (χ0n) is 48.2. The van der Waals surface area contributed by atoms with Crippen LogP contribution in [0, 0.1) is 0 Å². The quantitative estimate of drug-likeness (QED) is 0.0270. The third-order valence-corrected chi connectivity index (χ3v) is 14.4. The van der Waals surface area contributed by atoms with E-state index in [9.17, 15) is 61.0 Å². The Hall–Kier alpha value is -3.29. The van der Waals surface area contributed by atoms with Gasteiger partial charge in [-0.25, -0.2) is 0 Å². The molecule has 0 saturated carbocycles. The lowest BCUT2D eigenvalue weighted by molar-refractivity contribution is -0.379. The van der Waals surface area contributed by atoms with Crippen molar-refractivity contribution in [3.05, 3.63) is 97.2 Å². The van der Waals surface area contributed by atoms with Crippen molar-refractivity contribution in [3.8, 4) is 0 Å². The molecular weight excluding hydrogens is 1050 g/mol. The smallest absolute Gasteiger partial charge is 0.220 e. The highest BCUT2D eigenvalue weighted by Gasteiger charge is 2.53. The molecule has 19 nitrogen and oxygen atoms in total. The van der Waals surface area contributed by atoms with Crippen LogP contribution < -0.4 is 5.32 Å². The topological polar surface area (TPSA) is 307 Å². The molecule has 17 atom stereocenters. The molecule has 81 heavy (non-hydrogen) atoms. The minimum atomic E-state index is -1.99. The van der Waals surface area contributed by atoms with Gasteiger partial charge in [0.05, 0.1) is 38.6 Å². The molecule has 0 radical (unpaired) electrons. The summed E-state index contributed by atoms with van der Waals surface area (Å²) in [5.74, 6) is -0.308. The maximum Gasteiger partial charge on any atom is 0.220 e. The van der Waals surface area contributed by atoms with Crippen LogP contribution in [0.5, 0.6) is 0 Å².